The number of furan rings is 1. The molecule has 0 saturated heterocycles. The number of oxazole rings is 1. The maximum absolute atomic E-state index is 6.51. The van der Waals surface area contributed by atoms with Crippen molar-refractivity contribution in [2.75, 3.05) is 0 Å². The van der Waals surface area contributed by atoms with Crippen LogP contribution in [0, 0.1) is 0 Å². The van der Waals surface area contributed by atoms with Gasteiger partial charge in [-0.3, -0.25) is 0 Å². The van der Waals surface area contributed by atoms with Gasteiger partial charge in [-0.2, -0.15) is 0 Å². The summed E-state index contributed by atoms with van der Waals surface area (Å²) >= 11 is 1.76. The topological polar surface area (TPSA) is 77.8 Å². The summed E-state index contributed by atoms with van der Waals surface area (Å²) in [5.41, 5.74) is 6.68. The van der Waals surface area contributed by atoms with E-state index in [4.69, 9.17) is 28.8 Å². The summed E-state index contributed by atoms with van der Waals surface area (Å²) in [6, 6.07) is 45.2. The molecule has 0 aliphatic heterocycles. The minimum absolute atomic E-state index is 0.555. The Morgan fingerprint density at radius 2 is 1.12 bits per heavy atom. The Kier molecular flexibility index (Phi) is 5.45. The third-order valence-electron chi connectivity index (χ3n) is 9.32. The van der Waals surface area contributed by atoms with E-state index in [9.17, 15) is 0 Å². The Balaban J connectivity index is 1.20. The zero-order valence-corrected chi connectivity index (χ0v) is 26.5. The Morgan fingerprint density at radius 3 is 1.98 bits per heavy atom. The molecule has 0 fully saturated rings. The second-order valence-electron chi connectivity index (χ2n) is 12.2. The Morgan fingerprint density at radius 1 is 0.449 bits per heavy atom. The molecule has 0 atom stereocenters. The minimum Gasteiger partial charge on any atom is -0.456 e. The summed E-state index contributed by atoms with van der Waals surface area (Å²) in [6.45, 7) is 0. The highest BCUT2D eigenvalue weighted by Crippen LogP contribution is 2.45. The van der Waals surface area contributed by atoms with Gasteiger partial charge in [0, 0.05) is 64.0 Å². The molecule has 7 heteroatoms. The average molecular weight is 647 g/mol. The van der Waals surface area contributed by atoms with E-state index in [1.165, 1.54) is 15.5 Å². The van der Waals surface area contributed by atoms with E-state index in [-0.39, 0.29) is 0 Å². The van der Waals surface area contributed by atoms with Gasteiger partial charge >= 0.3 is 0 Å². The molecule has 4 aromatic heterocycles. The molecule has 6 nitrogen and oxygen atoms in total. The van der Waals surface area contributed by atoms with Gasteiger partial charge in [-0.1, -0.05) is 91.0 Å². The fourth-order valence-corrected chi connectivity index (χ4v) is 8.32. The SMILES string of the molecule is c1ccc(-c2nc(-c3cc4oc5cccc6c7oc(-c8ccccc8)nc7c(c3)c4c56)nc(-c3cccc4c3sc3ccccc34)n2)cc1. The van der Waals surface area contributed by atoms with Crippen LogP contribution in [0.3, 0.4) is 0 Å². The number of nitrogens with zero attached hydrogens (tertiary/aromatic N) is 4. The first-order chi connectivity index (χ1) is 24.3. The molecule has 4 heterocycles. The van der Waals surface area contributed by atoms with Gasteiger partial charge in [0.1, 0.15) is 16.7 Å². The van der Waals surface area contributed by atoms with Crippen molar-refractivity contribution < 1.29 is 8.83 Å². The summed E-state index contributed by atoms with van der Waals surface area (Å²) in [7, 11) is 0. The van der Waals surface area contributed by atoms with Crippen molar-refractivity contribution in [2.45, 2.75) is 0 Å². The largest absolute Gasteiger partial charge is 0.456 e. The molecular formula is C42H22N4O2S. The van der Waals surface area contributed by atoms with Gasteiger partial charge in [0.2, 0.25) is 5.89 Å². The number of aromatic nitrogens is 4. The zero-order valence-electron chi connectivity index (χ0n) is 25.7. The third kappa shape index (κ3) is 3.94. The van der Waals surface area contributed by atoms with Crippen LogP contribution in [0.2, 0.25) is 0 Å². The van der Waals surface area contributed by atoms with Crippen molar-refractivity contribution >= 4 is 75.3 Å². The quantitative estimate of drug-likeness (QED) is 0.177. The van der Waals surface area contributed by atoms with Crippen molar-refractivity contribution in [3.8, 4) is 45.6 Å². The van der Waals surface area contributed by atoms with Crippen LogP contribution in [0.15, 0.2) is 142 Å². The van der Waals surface area contributed by atoms with Crippen LogP contribution in [0.5, 0.6) is 0 Å². The smallest absolute Gasteiger partial charge is 0.227 e. The Hall–Kier alpha value is -6.44. The fourth-order valence-electron chi connectivity index (χ4n) is 7.11. The fraction of sp³-hybridized carbons (Fsp3) is 0. The molecule has 0 saturated carbocycles. The molecule has 228 valence electrons. The summed E-state index contributed by atoms with van der Waals surface area (Å²) in [4.78, 5) is 20.4. The highest BCUT2D eigenvalue weighted by Gasteiger charge is 2.24. The molecule has 0 radical (unpaired) electrons. The molecule has 7 aromatic carbocycles. The molecule has 0 spiro atoms. The predicted molar refractivity (Wildman–Crippen MR) is 198 cm³/mol. The Bertz CT molecular complexity index is 3050. The summed E-state index contributed by atoms with van der Waals surface area (Å²) in [6.07, 6.45) is 0. The van der Waals surface area contributed by atoms with E-state index < -0.39 is 0 Å². The van der Waals surface area contributed by atoms with Crippen LogP contribution in [-0.4, -0.2) is 19.9 Å². The monoisotopic (exact) mass is 646 g/mol. The lowest BCUT2D eigenvalue weighted by Gasteiger charge is -2.10. The van der Waals surface area contributed by atoms with Crippen molar-refractivity contribution in [3.63, 3.8) is 0 Å². The van der Waals surface area contributed by atoms with Gasteiger partial charge in [-0.05, 0) is 42.5 Å². The zero-order chi connectivity index (χ0) is 32.1. The minimum atomic E-state index is 0.555. The van der Waals surface area contributed by atoms with E-state index in [1.54, 1.807) is 11.3 Å². The molecule has 49 heavy (non-hydrogen) atoms. The van der Waals surface area contributed by atoms with E-state index in [1.807, 2.05) is 78.9 Å². The molecule has 11 rings (SSSR count). The second kappa shape index (κ2) is 10.0. The lowest BCUT2D eigenvalue weighted by Crippen LogP contribution is -2.00. The standard InChI is InChI=1S/C42H22N4O2S/c1-3-11-23(12-4-1)39-44-40(46-41(45-39)29-18-9-16-27-26-15-7-8-20-33(26)49-38(27)29)25-21-30-35-32(22-25)47-31-19-10-17-28(34(31)35)37-36(30)43-42(48-37)24-13-5-2-6-14-24/h1-22H. The van der Waals surface area contributed by atoms with Crippen LogP contribution in [0.1, 0.15) is 0 Å². The summed E-state index contributed by atoms with van der Waals surface area (Å²) in [5.74, 6) is 2.36. The number of fused-ring (bicyclic) bond motifs is 6. The van der Waals surface area contributed by atoms with Crippen LogP contribution in [0.4, 0.5) is 0 Å². The molecule has 0 bridgehead atoms. The summed E-state index contributed by atoms with van der Waals surface area (Å²) < 4.78 is 15.4. The maximum Gasteiger partial charge on any atom is 0.227 e. The molecule has 0 aliphatic rings. The van der Waals surface area contributed by atoms with Crippen LogP contribution in [0.25, 0.3) is 110 Å². The molecule has 0 aliphatic carbocycles. The van der Waals surface area contributed by atoms with Gasteiger partial charge in [0.05, 0.1) is 0 Å². The molecule has 0 amide bonds. The number of hydrogen-bond donors (Lipinski definition) is 0. The van der Waals surface area contributed by atoms with Gasteiger partial charge in [0.15, 0.2) is 23.1 Å². The number of thiophene rings is 1. The lowest BCUT2D eigenvalue weighted by atomic mass is 9.98. The average Bonchev–Trinajstić information content (AvgIpc) is 3.89. The van der Waals surface area contributed by atoms with Gasteiger partial charge in [-0.25, -0.2) is 19.9 Å². The van der Waals surface area contributed by atoms with E-state index in [0.29, 0.717) is 23.4 Å². The maximum atomic E-state index is 6.51. The van der Waals surface area contributed by atoms with Crippen molar-refractivity contribution in [2.24, 2.45) is 0 Å². The predicted octanol–water partition coefficient (Wildman–Crippen LogP) is 11.5. The number of hydrogen-bond acceptors (Lipinski definition) is 7. The molecule has 11 aromatic rings. The van der Waals surface area contributed by atoms with Crippen LogP contribution in [-0.2, 0) is 0 Å². The first-order valence-corrected chi connectivity index (χ1v) is 16.9. The van der Waals surface area contributed by atoms with Crippen molar-refractivity contribution in [3.05, 3.63) is 133 Å². The van der Waals surface area contributed by atoms with E-state index >= 15 is 0 Å². The van der Waals surface area contributed by atoms with E-state index in [2.05, 4.69) is 54.6 Å². The molecular weight excluding hydrogens is 625 g/mol. The second-order valence-corrected chi connectivity index (χ2v) is 13.2. The number of benzene rings is 7. The Labute approximate surface area is 282 Å². The first-order valence-electron chi connectivity index (χ1n) is 16.1. The normalized spacial score (nSPS) is 12.1. The molecule has 0 N–H and O–H groups in total. The lowest BCUT2D eigenvalue weighted by molar-refractivity contribution is 0.623. The third-order valence-corrected chi connectivity index (χ3v) is 10.5. The van der Waals surface area contributed by atoms with E-state index in [0.717, 1.165) is 70.8 Å². The van der Waals surface area contributed by atoms with Crippen molar-refractivity contribution in [1.82, 2.24) is 19.9 Å². The molecule has 0 unspecified atom stereocenters. The van der Waals surface area contributed by atoms with Crippen LogP contribution >= 0.6 is 11.3 Å². The highest BCUT2D eigenvalue weighted by atomic mass is 32.1. The van der Waals surface area contributed by atoms with Gasteiger partial charge in [-0.15, -0.1) is 11.3 Å². The van der Waals surface area contributed by atoms with Gasteiger partial charge < -0.3 is 8.83 Å². The van der Waals surface area contributed by atoms with Crippen LogP contribution < -0.4 is 0 Å². The number of rotatable bonds is 4. The highest BCUT2D eigenvalue weighted by molar-refractivity contribution is 7.26. The van der Waals surface area contributed by atoms with Gasteiger partial charge in [0.25, 0.3) is 0 Å². The first kappa shape index (κ1) is 26.6. The van der Waals surface area contributed by atoms with Crippen molar-refractivity contribution in [1.29, 1.82) is 0 Å². The summed E-state index contributed by atoms with van der Waals surface area (Å²) in [5, 5.41) is 6.38.